The number of rotatable bonds is 4. The predicted molar refractivity (Wildman–Crippen MR) is 154 cm³/mol. The number of cyclic esters (lactones) is 1. The Morgan fingerprint density at radius 1 is 0.900 bits per heavy atom. The highest BCUT2D eigenvalue weighted by Crippen LogP contribution is 2.44. The van der Waals surface area contributed by atoms with E-state index in [1.54, 1.807) is 32.9 Å². The molecule has 0 amide bonds. The van der Waals surface area contributed by atoms with Gasteiger partial charge >= 0.3 is 11.9 Å². The Hall–Kier alpha value is -3.68. The molecule has 2 atom stereocenters. The Labute approximate surface area is 237 Å². The van der Waals surface area contributed by atoms with Gasteiger partial charge in [-0.1, -0.05) is 6.58 Å². The lowest BCUT2D eigenvalue weighted by Crippen LogP contribution is -2.37. The molecule has 2 aliphatic rings. The minimum absolute atomic E-state index is 0.112. The van der Waals surface area contributed by atoms with Crippen molar-refractivity contribution in [3.05, 3.63) is 57.7 Å². The van der Waals surface area contributed by atoms with E-state index in [9.17, 15) is 24.9 Å². The second-order valence-corrected chi connectivity index (χ2v) is 11.3. The zero-order valence-corrected chi connectivity index (χ0v) is 25.0. The molecule has 0 aromatic heterocycles. The van der Waals surface area contributed by atoms with Crippen LogP contribution in [-0.2, 0) is 20.7 Å². The number of fused-ring (bicyclic) bond motifs is 1. The highest BCUT2D eigenvalue weighted by atomic mass is 16.6. The number of hydrogen-bond acceptors (Lipinski definition) is 7. The lowest BCUT2D eigenvalue weighted by Gasteiger charge is -2.37. The van der Waals surface area contributed by atoms with Crippen LogP contribution in [0.5, 0.6) is 23.0 Å². The molecule has 220 valence electrons. The molecule has 40 heavy (non-hydrogen) atoms. The van der Waals surface area contributed by atoms with Gasteiger partial charge in [-0.25, -0.2) is 0 Å². The van der Waals surface area contributed by atoms with Crippen molar-refractivity contribution in [2.24, 2.45) is 0 Å². The van der Waals surface area contributed by atoms with Crippen molar-refractivity contribution in [2.75, 3.05) is 0 Å². The molecule has 2 aromatic carbocycles. The van der Waals surface area contributed by atoms with Crippen LogP contribution in [0.15, 0.2) is 18.7 Å². The largest absolute Gasteiger partial charge is 0.508 e. The Morgan fingerprint density at radius 3 is 2.00 bits per heavy atom. The number of aromatic hydroxyl groups is 3. The summed E-state index contributed by atoms with van der Waals surface area (Å²) in [6.45, 7) is 18.5. The van der Waals surface area contributed by atoms with Gasteiger partial charge in [0.2, 0.25) is 0 Å². The molecule has 0 bridgehead atoms. The van der Waals surface area contributed by atoms with Crippen molar-refractivity contribution in [1.29, 1.82) is 0 Å². The van der Waals surface area contributed by atoms with E-state index in [2.05, 4.69) is 6.58 Å². The van der Waals surface area contributed by atoms with Crippen molar-refractivity contribution in [2.45, 2.75) is 105 Å². The summed E-state index contributed by atoms with van der Waals surface area (Å²) in [5, 5.41) is 37.7. The van der Waals surface area contributed by atoms with Gasteiger partial charge in [-0.3, -0.25) is 9.59 Å². The summed E-state index contributed by atoms with van der Waals surface area (Å²) in [7, 11) is 0. The van der Waals surface area contributed by atoms with Crippen molar-refractivity contribution < 1.29 is 39.5 Å². The number of esters is 1. The summed E-state index contributed by atoms with van der Waals surface area (Å²) in [6.07, 6.45) is 5.18. The third-order valence-electron chi connectivity index (χ3n) is 8.09. The number of benzene rings is 2. The molecule has 4 rings (SSSR count). The second kappa shape index (κ2) is 12.7. The molecule has 0 radical (unpaired) electrons. The number of carbonyl (C=O) groups excluding carboxylic acids is 1. The average molecular weight is 557 g/mol. The van der Waals surface area contributed by atoms with Crippen LogP contribution in [0.2, 0.25) is 0 Å². The van der Waals surface area contributed by atoms with Gasteiger partial charge in [-0.15, -0.1) is 0 Å². The fraction of sp³-hybridized carbons (Fsp3) is 0.500. The molecular formula is C32H44O8. The van der Waals surface area contributed by atoms with Crippen molar-refractivity contribution in [3.8, 4) is 23.0 Å². The topological polar surface area (TPSA) is 134 Å². The molecule has 2 heterocycles. The monoisotopic (exact) mass is 556 g/mol. The van der Waals surface area contributed by atoms with Crippen LogP contribution in [0.4, 0.5) is 0 Å². The summed E-state index contributed by atoms with van der Waals surface area (Å²) in [6, 6.07) is 1.57. The third-order valence-corrected chi connectivity index (χ3v) is 8.09. The van der Waals surface area contributed by atoms with Gasteiger partial charge in [-0.2, -0.15) is 0 Å². The summed E-state index contributed by atoms with van der Waals surface area (Å²) < 4.78 is 11.1. The number of phenols is 3. The molecule has 2 unspecified atom stereocenters. The quantitative estimate of drug-likeness (QED) is 0.189. The maximum atomic E-state index is 10.8. The first-order valence-corrected chi connectivity index (χ1v) is 13.5. The average Bonchev–Trinajstić information content (AvgIpc) is 3.26. The Kier molecular flexibility index (Phi) is 10.3. The lowest BCUT2D eigenvalue weighted by atomic mass is 9.85. The zero-order chi connectivity index (χ0) is 30.6. The van der Waals surface area contributed by atoms with Gasteiger partial charge < -0.3 is 29.9 Å². The highest BCUT2D eigenvalue weighted by molar-refractivity contribution is 5.72. The van der Waals surface area contributed by atoms with Crippen LogP contribution in [0.1, 0.15) is 84.9 Å². The first-order chi connectivity index (χ1) is 18.4. The van der Waals surface area contributed by atoms with E-state index < -0.39 is 11.6 Å². The number of ether oxygens (including phenoxy) is 2. The number of carbonyl (C=O) groups is 2. The third kappa shape index (κ3) is 7.49. The molecule has 8 nitrogen and oxygen atoms in total. The zero-order valence-electron chi connectivity index (χ0n) is 25.0. The van der Waals surface area contributed by atoms with Gasteiger partial charge in [0.05, 0.1) is 0 Å². The number of aryl methyl sites for hydroxylation is 1. The van der Waals surface area contributed by atoms with Crippen LogP contribution in [0, 0.1) is 41.5 Å². The number of hydrogen-bond donors (Lipinski definition) is 4. The van der Waals surface area contributed by atoms with E-state index in [-0.39, 0.29) is 29.5 Å². The summed E-state index contributed by atoms with van der Waals surface area (Å²) >= 11 is 0. The van der Waals surface area contributed by atoms with Crippen molar-refractivity contribution in [3.63, 3.8) is 0 Å². The van der Waals surface area contributed by atoms with E-state index in [0.717, 1.165) is 58.4 Å². The van der Waals surface area contributed by atoms with Crippen LogP contribution >= 0.6 is 0 Å². The molecule has 1 saturated heterocycles. The second-order valence-electron chi connectivity index (χ2n) is 11.3. The van der Waals surface area contributed by atoms with Crippen LogP contribution < -0.4 is 4.74 Å². The molecule has 0 aliphatic carbocycles. The van der Waals surface area contributed by atoms with Crippen molar-refractivity contribution in [1.82, 2.24) is 0 Å². The summed E-state index contributed by atoms with van der Waals surface area (Å²) in [5.74, 6) is 0.793. The van der Waals surface area contributed by atoms with E-state index >= 15 is 0 Å². The fourth-order valence-electron chi connectivity index (χ4n) is 4.75. The smallest absolute Gasteiger partial charge is 0.306 e. The normalized spacial score (nSPS) is 21.1. The molecule has 2 aliphatic heterocycles. The standard InChI is InChI=1S/C16H22O4.C9H12O2.C7H10O2/c1-9-10(2)15-12(11(3)14(9)19)5-7-16(4,20-15)8-6-13(17)18;1-5-4-8(10)6(2)7(3)9(5)11;1-3-7(2)5-4-6(8)9-7/h19H,5-8H2,1-4H3,(H,17,18);4,10-11H,1-3H3;3H,1,4-5H2,2H3. The lowest BCUT2D eigenvalue weighted by molar-refractivity contribution is -0.144. The molecule has 0 saturated carbocycles. The van der Waals surface area contributed by atoms with Crippen molar-refractivity contribution >= 4 is 11.9 Å². The molecule has 1 fully saturated rings. The Bertz CT molecular complexity index is 1270. The number of carboxylic acid groups (broad SMARTS) is 1. The highest BCUT2D eigenvalue weighted by Gasteiger charge is 2.35. The minimum Gasteiger partial charge on any atom is -0.508 e. The predicted octanol–water partition coefficient (Wildman–Crippen LogP) is 6.56. The maximum absolute atomic E-state index is 10.8. The van der Waals surface area contributed by atoms with E-state index in [0.29, 0.717) is 24.2 Å². The van der Waals surface area contributed by atoms with Gasteiger partial charge in [0, 0.05) is 24.8 Å². The van der Waals surface area contributed by atoms with Gasteiger partial charge in [0.1, 0.15) is 34.2 Å². The van der Waals surface area contributed by atoms with Crippen LogP contribution in [-0.4, -0.2) is 43.6 Å². The Balaban J connectivity index is 0.000000235. The van der Waals surface area contributed by atoms with Gasteiger partial charge in [-0.05, 0) is 120 Å². The first-order valence-electron chi connectivity index (χ1n) is 13.5. The van der Waals surface area contributed by atoms with E-state index in [1.165, 1.54) is 0 Å². The fourth-order valence-corrected chi connectivity index (χ4v) is 4.75. The maximum Gasteiger partial charge on any atom is 0.306 e. The number of phenolic OH excluding ortho intramolecular Hbond substituents is 3. The molecule has 8 heteroatoms. The summed E-state index contributed by atoms with van der Waals surface area (Å²) in [4.78, 5) is 21.3. The van der Waals surface area contributed by atoms with E-state index in [4.69, 9.17) is 14.6 Å². The summed E-state index contributed by atoms with van der Waals surface area (Å²) in [5.41, 5.74) is 5.11. The molecular weight excluding hydrogens is 512 g/mol. The minimum atomic E-state index is -0.796. The molecule has 0 spiro atoms. The van der Waals surface area contributed by atoms with Gasteiger partial charge in [0.25, 0.3) is 0 Å². The molecule has 4 N–H and O–H groups in total. The number of carboxylic acids is 1. The van der Waals surface area contributed by atoms with E-state index in [1.807, 2.05) is 34.6 Å². The Morgan fingerprint density at radius 2 is 1.50 bits per heavy atom. The van der Waals surface area contributed by atoms with Crippen LogP contribution in [0.3, 0.4) is 0 Å². The first kappa shape index (κ1) is 32.5. The number of aliphatic carboxylic acids is 1. The van der Waals surface area contributed by atoms with Crippen LogP contribution in [0.25, 0.3) is 0 Å². The molecule has 2 aromatic rings. The van der Waals surface area contributed by atoms with Gasteiger partial charge in [0.15, 0.2) is 0 Å². The SMILES string of the molecule is C=CC1(C)CCC(=O)O1.Cc1c(C)c2c(c(C)c1O)CCC(C)(CCC(=O)O)O2.Cc1cc(O)c(C)c(C)c1O.